The van der Waals surface area contributed by atoms with Crippen molar-refractivity contribution in [3.8, 4) is 5.75 Å². The van der Waals surface area contributed by atoms with E-state index in [1.807, 2.05) is 26.0 Å². The second kappa shape index (κ2) is 6.15. The maximum absolute atomic E-state index is 13.9. The van der Waals surface area contributed by atoms with Gasteiger partial charge in [-0.3, -0.25) is 0 Å². The molecule has 0 aromatic heterocycles. The maximum atomic E-state index is 13.9. The lowest BCUT2D eigenvalue weighted by Gasteiger charge is -2.16. The average Bonchev–Trinajstić information content (AvgIpc) is 2.40. The predicted molar refractivity (Wildman–Crippen MR) is 84.3 cm³/mol. The normalized spacial score (nSPS) is 12.3. The van der Waals surface area contributed by atoms with Crippen molar-refractivity contribution in [1.82, 2.24) is 0 Å². The van der Waals surface area contributed by atoms with E-state index in [2.05, 4.69) is 15.9 Å². The first-order chi connectivity index (χ1) is 9.43. The van der Waals surface area contributed by atoms with E-state index in [0.717, 1.165) is 26.9 Å². The topological polar surface area (TPSA) is 9.23 Å². The van der Waals surface area contributed by atoms with Crippen LogP contribution in [0.3, 0.4) is 0 Å². The Balaban J connectivity index is 2.48. The van der Waals surface area contributed by atoms with Crippen molar-refractivity contribution in [2.75, 3.05) is 7.11 Å². The molecule has 2 rings (SSSR count). The Morgan fingerprint density at radius 2 is 1.75 bits per heavy atom. The van der Waals surface area contributed by atoms with Crippen molar-refractivity contribution < 1.29 is 9.13 Å². The minimum Gasteiger partial charge on any atom is -0.496 e. The molecule has 0 aliphatic heterocycles. The predicted octanol–water partition coefficient (Wildman–Crippen LogP) is 5.54. The Bertz CT molecular complexity index is 619. The Hall–Kier alpha value is -1.06. The first-order valence-corrected chi connectivity index (χ1v) is 7.41. The van der Waals surface area contributed by atoms with Crippen LogP contribution in [0.15, 0.2) is 34.8 Å². The lowest BCUT2D eigenvalue weighted by Crippen LogP contribution is -2.00. The van der Waals surface area contributed by atoms with Crippen LogP contribution >= 0.6 is 27.5 Å². The molecule has 2 aromatic carbocycles. The Labute approximate surface area is 131 Å². The summed E-state index contributed by atoms with van der Waals surface area (Å²) in [7, 11) is 1.64. The van der Waals surface area contributed by atoms with Crippen LogP contribution in [-0.4, -0.2) is 7.11 Å². The van der Waals surface area contributed by atoms with Crippen LogP contribution in [-0.2, 0) is 0 Å². The van der Waals surface area contributed by atoms with Gasteiger partial charge < -0.3 is 4.74 Å². The van der Waals surface area contributed by atoms with E-state index in [9.17, 15) is 4.39 Å². The second-order valence-electron chi connectivity index (χ2n) is 4.72. The zero-order chi connectivity index (χ0) is 14.9. The van der Waals surface area contributed by atoms with Crippen LogP contribution in [0.5, 0.6) is 5.75 Å². The fraction of sp³-hybridized carbons (Fsp3) is 0.250. The molecule has 1 unspecified atom stereocenters. The Kier molecular flexibility index (Phi) is 4.71. The van der Waals surface area contributed by atoms with Gasteiger partial charge in [-0.15, -0.1) is 11.6 Å². The summed E-state index contributed by atoms with van der Waals surface area (Å²) < 4.78 is 20.1. The van der Waals surface area contributed by atoms with Crippen LogP contribution in [0, 0.1) is 19.7 Å². The molecule has 1 atom stereocenters. The van der Waals surface area contributed by atoms with Gasteiger partial charge in [-0.2, -0.15) is 0 Å². The summed E-state index contributed by atoms with van der Waals surface area (Å²) in [6, 6.07) is 8.65. The van der Waals surface area contributed by atoms with Crippen LogP contribution in [0.1, 0.15) is 27.6 Å². The molecule has 0 radical (unpaired) electrons. The highest BCUT2D eigenvalue weighted by Gasteiger charge is 2.18. The van der Waals surface area contributed by atoms with Gasteiger partial charge in [0.2, 0.25) is 0 Å². The highest BCUT2D eigenvalue weighted by molar-refractivity contribution is 9.10. The van der Waals surface area contributed by atoms with Gasteiger partial charge in [0.15, 0.2) is 0 Å². The fourth-order valence-corrected chi connectivity index (χ4v) is 3.01. The molecule has 0 aliphatic carbocycles. The van der Waals surface area contributed by atoms with Gasteiger partial charge in [0.25, 0.3) is 0 Å². The number of halogens is 3. The number of methoxy groups -OCH3 is 1. The van der Waals surface area contributed by atoms with E-state index >= 15 is 0 Å². The van der Waals surface area contributed by atoms with Crippen LogP contribution in [0.25, 0.3) is 0 Å². The van der Waals surface area contributed by atoms with E-state index in [1.165, 1.54) is 6.07 Å². The Morgan fingerprint density at radius 1 is 1.15 bits per heavy atom. The quantitative estimate of drug-likeness (QED) is 0.655. The largest absolute Gasteiger partial charge is 0.496 e. The van der Waals surface area contributed by atoms with E-state index < -0.39 is 5.38 Å². The molecule has 0 saturated heterocycles. The van der Waals surface area contributed by atoms with Gasteiger partial charge in [0.05, 0.1) is 12.5 Å². The van der Waals surface area contributed by atoms with Crippen molar-refractivity contribution in [2.45, 2.75) is 19.2 Å². The number of aryl methyl sites for hydroxylation is 2. The minimum absolute atomic E-state index is 0.306. The third-order valence-corrected chi connectivity index (χ3v) is 4.19. The number of ether oxygens (including phenoxy) is 1. The van der Waals surface area contributed by atoms with Gasteiger partial charge in [0.1, 0.15) is 11.6 Å². The molecule has 0 bridgehead atoms. The molecule has 0 aliphatic rings. The lowest BCUT2D eigenvalue weighted by molar-refractivity contribution is 0.408. The van der Waals surface area contributed by atoms with Crippen molar-refractivity contribution in [3.05, 3.63) is 62.9 Å². The Morgan fingerprint density at radius 3 is 2.30 bits per heavy atom. The monoisotopic (exact) mass is 356 g/mol. The molecule has 0 N–H and O–H groups in total. The standard InChI is InChI=1S/C16H15BrClFO/c1-9-6-11(7-10(2)16(9)20-3)15(18)13-8-12(17)4-5-14(13)19/h4-8,15H,1-3H3. The van der Waals surface area contributed by atoms with Crippen molar-refractivity contribution in [2.24, 2.45) is 0 Å². The van der Waals surface area contributed by atoms with E-state index in [4.69, 9.17) is 16.3 Å². The molecule has 106 valence electrons. The van der Waals surface area contributed by atoms with Crippen LogP contribution in [0.4, 0.5) is 4.39 Å². The number of alkyl halides is 1. The molecule has 1 nitrogen and oxygen atoms in total. The number of rotatable bonds is 3. The molecule has 0 saturated carbocycles. The van der Waals surface area contributed by atoms with Gasteiger partial charge >= 0.3 is 0 Å². The van der Waals surface area contributed by atoms with E-state index in [0.29, 0.717) is 5.56 Å². The highest BCUT2D eigenvalue weighted by atomic mass is 79.9. The zero-order valence-electron chi connectivity index (χ0n) is 11.5. The molecular weight excluding hydrogens is 343 g/mol. The summed E-state index contributed by atoms with van der Waals surface area (Å²) in [4.78, 5) is 0. The molecular formula is C16H15BrClFO. The van der Waals surface area contributed by atoms with Gasteiger partial charge in [-0.1, -0.05) is 28.1 Å². The van der Waals surface area contributed by atoms with E-state index in [-0.39, 0.29) is 5.82 Å². The van der Waals surface area contributed by atoms with Crippen molar-refractivity contribution in [3.63, 3.8) is 0 Å². The molecule has 2 aromatic rings. The third-order valence-electron chi connectivity index (χ3n) is 3.21. The first-order valence-electron chi connectivity index (χ1n) is 6.18. The summed E-state index contributed by atoms with van der Waals surface area (Å²) in [6.45, 7) is 3.91. The molecule has 0 spiro atoms. The fourth-order valence-electron chi connectivity index (χ4n) is 2.34. The highest BCUT2D eigenvalue weighted by Crippen LogP contribution is 2.35. The summed E-state index contributed by atoms with van der Waals surface area (Å²) in [5.74, 6) is 0.534. The summed E-state index contributed by atoms with van der Waals surface area (Å²) in [5, 5.41) is -0.532. The van der Waals surface area contributed by atoms with E-state index in [1.54, 1.807) is 19.2 Å². The SMILES string of the molecule is COc1c(C)cc(C(Cl)c2cc(Br)ccc2F)cc1C. The average molecular weight is 358 g/mol. The van der Waals surface area contributed by atoms with Crippen LogP contribution in [0.2, 0.25) is 0 Å². The minimum atomic E-state index is -0.532. The van der Waals surface area contributed by atoms with Crippen molar-refractivity contribution >= 4 is 27.5 Å². The maximum Gasteiger partial charge on any atom is 0.128 e. The first kappa shape index (κ1) is 15.3. The van der Waals surface area contributed by atoms with Gasteiger partial charge in [0, 0.05) is 10.0 Å². The zero-order valence-corrected chi connectivity index (χ0v) is 13.8. The number of benzene rings is 2. The lowest BCUT2D eigenvalue weighted by atomic mass is 9.99. The smallest absolute Gasteiger partial charge is 0.128 e. The van der Waals surface area contributed by atoms with Gasteiger partial charge in [-0.25, -0.2) is 4.39 Å². The summed E-state index contributed by atoms with van der Waals surface area (Å²) in [5.41, 5.74) is 3.30. The second-order valence-corrected chi connectivity index (χ2v) is 6.07. The van der Waals surface area contributed by atoms with Crippen LogP contribution < -0.4 is 4.74 Å². The van der Waals surface area contributed by atoms with Gasteiger partial charge in [-0.05, 0) is 48.7 Å². The number of hydrogen-bond acceptors (Lipinski definition) is 1. The van der Waals surface area contributed by atoms with Crippen molar-refractivity contribution in [1.29, 1.82) is 0 Å². The third kappa shape index (κ3) is 2.99. The molecule has 0 heterocycles. The molecule has 4 heteroatoms. The molecule has 20 heavy (non-hydrogen) atoms. The summed E-state index contributed by atoms with van der Waals surface area (Å²) >= 11 is 9.79. The number of hydrogen-bond donors (Lipinski definition) is 0. The summed E-state index contributed by atoms with van der Waals surface area (Å²) in [6.07, 6.45) is 0. The molecule has 0 amide bonds. The molecule has 0 fully saturated rings.